The Labute approximate surface area is 143 Å². The van der Waals surface area contributed by atoms with Gasteiger partial charge in [0, 0.05) is 35.7 Å². The molecule has 1 rings (SSSR count). The highest BCUT2D eigenvalue weighted by atomic mass is 35.5. The summed E-state index contributed by atoms with van der Waals surface area (Å²) in [7, 11) is 1.76. The van der Waals surface area contributed by atoms with Crippen LogP contribution in [0.3, 0.4) is 0 Å². The summed E-state index contributed by atoms with van der Waals surface area (Å²) >= 11 is 12.3. The van der Waals surface area contributed by atoms with Crippen molar-refractivity contribution in [2.45, 2.75) is 33.2 Å². The van der Waals surface area contributed by atoms with Gasteiger partial charge in [0.2, 0.25) is 5.91 Å². The Morgan fingerprint density at radius 3 is 2.10 bits per heavy atom. The normalized spacial score (nSPS) is 11.0. The molecule has 0 atom stereocenters. The summed E-state index contributed by atoms with van der Waals surface area (Å²) in [5, 5.41) is 1.15. The van der Waals surface area contributed by atoms with Crippen LogP contribution in [0.5, 0.6) is 0 Å². The van der Waals surface area contributed by atoms with Gasteiger partial charge in [-0.1, -0.05) is 43.1 Å². The van der Waals surface area contributed by atoms with E-state index in [0.29, 0.717) is 23.1 Å². The molecule has 0 heterocycles. The molecule has 21 heavy (non-hydrogen) atoms. The monoisotopic (exact) mass is 352 g/mol. The quantitative estimate of drug-likeness (QED) is 0.835. The van der Waals surface area contributed by atoms with Gasteiger partial charge in [-0.05, 0) is 25.0 Å². The lowest BCUT2D eigenvalue weighted by atomic mass is 9.81. The molecule has 1 aromatic carbocycles. The van der Waals surface area contributed by atoms with E-state index >= 15 is 0 Å². The Hall–Kier alpha value is -0.480. The third-order valence-corrected chi connectivity index (χ3v) is 4.71. The average molecular weight is 354 g/mol. The summed E-state index contributed by atoms with van der Waals surface area (Å²) in [6.07, 6.45) is 1.44. The molecule has 3 nitrogen and oxygen atoms in total. The van der Waals surface area contributed by atoms with E-state index in [4.69, 9.17) is 28.9 Å². The van der Waals surface area contributed by atoms with Crippen LogP contribution in [-0.4, -0.2) is 24.4 Å². The fraction of sp³-hybridized carbons (Fsp3) is 0.533. The second kappa shape index (κ2) is 8.84. The molecule has 0 aliphatic rings. The molecule has 120 valence electrons. The van der Waals surface area contributed by atoms with E-state index in [0.717, 1.165) is 18.4 Å². The smallest absolute Gasteiger partial charge is 0.230 e. The number of hydrogen-bond acceptors (Lipinski definition) is 2. The number of nitrogens with zero attached hydrogens (tertiary/aromatic N) is 1. The standard InChI is InChI=1S/C15H22Cl2N2O.ClH/c1-4-15(5-2,10-18)14(20)19(3)9-11-12(16)7-6-8-13(11)17;/h6-8H,4-5,9-10,18H2,1-3H3;1H. The van der Waals surface area contributed by atoms with E-state index in [1.807, 2.05) is 13.8 Å². The minimum atomic E-state index is -0.498. The molecule has 0 aliphatic carbocycles. The van der Waals surface area contributed by atoms with Crippen molar-refractivity contribution in [3.05, 3.63) is 33.8 Å². The SMILES string of the molecule is CCC(CC)(CN)C(=O)N(C)Cc1c(Cl)cccc1Cl.Cl. The van der Waals surface area contributed by atoms with Gasteiger partial charge in [-0.15, -0.1) is 12.4 Å². The molecular weight excluding hydrogens is 331 g/mol. The highest BCUT2D eigenvalue weighted by Crippen LogP contribution is 2.30. The molecule has 0 bridgehead atoms. The van der Waals surface area contributed by atoms with Crippen LogP contribution >= 0.6 is 35.6 Å². The zero-order valence-corrected chi connectivity index (χ0v) is 15.0. The van der Waals surface area contributed by atoms with Gasteiger partial charge in [0.05, 0.1) is 5.41 Å². The Bertz CT molecular complexity index is 447. The van der Waals surface area contributed by atoms with Gasteiger partial charge < -0.3 is 10.6 Å². The van der Waals surface area contributed by atoms with Crippen molar-refractivity contribution in [2.75, 3.05) is 13.6 Å². The molecular formula is C15H23Cl3N2O. The molecule has 0 fully saturated rings. The van der Waals surface area contributed by atoms with Crippen molar-refractivity contribution in [1.29, 1.82) is 0 Å². The van der Waals surface area contributed by atoms with Crippen molar-refractivity contribution in [3.8, 4) is 0 Å². The number of carbonyl (C=O) groups excluding carboxylic acids is 1. The summed E-state index contributed by atoms with van der Waals surface area (Å²) in [5.74, 6) is 0.0426. The summed E-state index contributed by atoms with van der Waals surface area (Å²) < 4.78 is 0. The number of benzene rings is 1. The van der Waals surface area contributed by atoms with Gasteiger partial charge in [-0.2, -0.15) is 0 Å². The lowest BCUT2D eigenvalue weighted by Crippen LogP contribution is -2.45. The molecule has 0 saturated heterocycles. The van der Waals surface area contributed by atoms with Crippen molar-refractivity contribution in [1.82, 2.24) is 4.90 Å². The second-order valence-electron chi connectivity index (χ2n) is 5.05. The first-order valence-corrected chi connectivity index (χ1v) is 7.56. The maximum Gasteiger partial charge on any atom is 0.230 e. The average Bonchev–Trinajstić information content (AvgIpc) is 2.45. The van der Waals surface area contributed by atoms with E-state index in [-0.39, 0.29) is 18.3 Å². The highest BCUT2D eigenvalue weighted by molar-refractivity contribution is 6.36. The topological polar surface area (TPSA) is 46.3 Å². The van der Waals surface area contributed by atoms with Crippen LogP contribution in [0.25, 0.3) is 0 Å². The van der Waals surface area contributed by atoms with Crippen LogP contribution in [0.2, 0.25) is 10.0 Å². The summed E-state index contributed by atoms with van der Waals surface area (Å²) in [6, 6.07) is 5.34. The number of nitrogens with two attached hydrogens (primary N) is 1. The minimum Gasteiger partial charge on any atom is -0.341 e. The first-order chi connectivity index (χ1) is 9.41. The van der Waals surface area contributed by atoms with Gasteiger partial charge in [-0.3, -0.25) is 4.79 Å². The van der Waals surface area contributed by atoms with Gasteiger partial charge in [0.1, 0.15) is 0 Å². The molecule has 2 N–H and O–H groups in total. The number of hydrogen-bond donors (Lipinski definition) is 1. The van der Waals surface area contributed by atoms with Crippen molar-refractivity contribution in [2.24, 2.45) is 11.1 Å². The predicted octanol–water partition coefficient (Wildman–Crippen LogP) is 4.14. The maximum atomic E-state index is 12.6. The van der Waals surface area contributed by atoms with Gasteiger partial charge in [0.25, 0.3) is 0 Å². The molecule has 0 spiro atoms. The number of halogens is 3. The first-order valence-electron chi connectivity index (χ1n) is 6.80. The fourth-order valence-corrected chi connectivity index (χ4v) is 2.84. The summed E-state index contributed by atoms with van der Waals surface area (Å²) in [6.45, 7) is 4.72. The Morgan fingerprint density at radius 1 is 1.24 bits per heavy atom. The van der Waals surface area contributed by atoms with Gasteiger partial charge in [0.15, 0.2) is 0 Å². The van der Waals surface area contributed by atoms with E-state index in [1.165, 1.54) is 0 Å². The lowest BCUT2D eigenvalue weighted by Gasteiger charge is -2.33. The molecule has 0 aliphatic heterocycles. The molecule has 1 aromatic rings. The highest BCUT2D eigenvalue weighted by Gasteiger charge is 2.35. The van der Waals surface area contributed by atoms with E-state index < -0.39 is 5.41 Å². The van der Waals surface area contributed by atoms with Crippen LogP contribution < -0.4 is 5.73 Å². The minimum absolute atomic E-state index is 0. The second-order valence-corrected chi connectivity index (χ2v) is 5.87. The maximum absolute atomic E-state index is 12.6. The molecule has 0 saturated carbocycles. The Balaban J connectivity index is 0.00000400. The van der Waals surface area contributed by atoms with Gasteiger partial charge in [-0.25, -0.2) is 0 Å². The largest absolute Gasteiger partial charge is 0.341 e. The first kappa shape index (κ1) is 20.5. The predicted molar refractivity (Wildman–Crippen MR) is 92.3 cm³/mol. The fourth-order valence-electron chi connectivity index (χ4n) is 2.33. The van der Waals surface area contributed by atoms with E-state index in [9.17, 15) is 4.79 Å². The Kier molecular flexibility index (Phi) is 8.64. The molecule has 0 aromatic heterocycles. The number of amides is 1. The summed E-state index contributed by atoms with van der Waals surface area (Å²) in [4.78, 5) is 14.3. The number of carbonyl (C=O) groups is 1. The van der Waals surface area contributed by atoms with E-state index in [2.05, 4.69) is 0 Å². The Morgan fingerprint density at radius 2 is 1.71 bits per heavy atom. The molecule has 0 radical (unpaired) electrons. The van der Waals surface area contributed by atoms with Gasteiger partial charge >= 0.3 is 0 Å². The summed E-state index contributed by atoms with van der Waals surface area (Å²) in [5.41, 5.74) is 6.09. The number of rotatable bonds is 6. The lowest BCUT2D eigenvalue weighted by molar-refractivity contribution is -0.141. The third kappa shape index (κ3) is 4.49. The van der Waals surface area contributed by atoms with Crippen LogP contribution in [0, 0.1) is 5.41 Å². The van der Waals surface area contributed by atoms with Crippen molar-refractivity contribution < 1.29 is 4.79 Å². The van der Waals surface area contributed by atoms with Crippen LogP contribution in [0.15, 0.2) is 18.2 Å². The zero-order chi connectivity index (χ0) is 15.3. The third-order valence-electron chi connectivity index (χ3n) is 4.00. The van der Waals surface area contributed by atoms with Crippen molar-refractivity contribution in [3.63, 3.8) is 0 Å². The van der Waals surface area contributed by atoms with Crippen LogP contribution in [0.4, 0.5) is 0 Å². The molecule has 1 amide bonds. The molecule has 6 heteroatoms. The zero-order valence-electron chi connectivity index (χ0n) is 12.7. The van der Waals surface area contributed by atoms with E-state index in [1.54, 1.807) is 30.1 Å². The van der Waals surface area contributed by atoms with Crippen LogP contribution in [-0.2, 0) is 11.3 Å². The van der Waals surface area contributed by atoms with Crippen molar-refractivity contribution >= 4 is 41.5 Å². The molecule has 0 unspecified atom stereocenters. The van der Waals surface area contributed by atoms with Crippen LogP contribution in [0.1, 0.15) is 32.3 Å².